The predicted molar refractivity (Wildman–Crippen MR) is 69.0 cm³/mol. The van der Waals surface area contributed by atoms with Gasteiger partial charge in [-0.15, -0.1) is 0 Å². The highest BCUT2D eigenvalue weighted by Crippen LogP contribution is 2.26. The largest absolute Gasteiger partial charge is 0.394 e. The number of hydrogen-bond acceptors (Lipinski definition) is 7. The van der Waals surface area contributed by atoms with Crippen molar-refractivity contribution in [3.8, 4) is 0 Å². The van der Waals surface area contributed by atoms with Crippen molar-refractivity contribution in [1.82, 2.24) is 14.5 Å². The second kappa shape index (κ2) is 4.77. The van der Waals surface area contributed by atoms with Crippen molar-refractivity contribution in [3.63, 3.8) is 0 Å². The molecule has 10 heteroatoms. The summed E-state index contributed by atoms with van der Waals surface area (Å²) in [7, 11) is 1.63. The molecule has 3 heterocycles. The van der Waals surface area contributed by atoms with Gasteiger partial charge in [-0.2, -0.15) is 0 Å². The van der Waals surface area contributed by atoms with Crippen LogP contribution in [-0.4, -0.2) is 54.8 Å². The van der Waals surface area contributed by atoms with E-state index in [1.165, 1.54) is 15.5 Å². The molecule has 1 saturated heterocycles. The van der Waals surface area contributed by atoms with E-state index in [1.54, 1.807) is 7.05 Å². The number of nitrogen functional groups attached to an aromatic ring is 1. The predicted octanol–water partition coefficient (Wildman–Crippen LogP) is -3.26. The lowest BCUT2D eigenvalue weighted by Gasteiger charge is -2.11. The van der Waals surface area contributed by atoms with Gasteiger partial charge in [-0.05, 0) is 0 Å². The third kappa shape index (κ3) is 2.00. The van der Waals surface area contributed by atoms with E-state index in [-0.39, 0.29) is 17.1 Å². The zero-order valence-electron chi connectivity index (χ0n) is 11.2. The molecular formula is C11H16N5O5+. The summed E-state index contributed by atoms with van der Waals surface area (Å²) in [5.41, 5.74) is 5.58. The summed E-state index contributed by atoms with van der Waals surface area (Å²) in [6, 6.07) is 0. The Bertz CT molecular complexity index is 740. The van der Waals surface area contributed by atoms with Gasteiger partial charge in [0.15, 0.2) is 6.33 Å². The molecule has 4 atom stereocenters. The molecule has 114 valence electrons. The Kier molecular flexibility index (Phi) is 3.17. The van der Waals surface area contributed by atoms with Gasteiger partial charge >= 0.3 is 5.65 Å². The number of fused-ring (bicyclic) bond motifs is 1. The van der Waals surface area contributed by atoms with Gasteiger partial charge in [0.1, 0.15) is 18.3 Å². The SMILES string of the molecule is Cn1c[n+]([C@@H]2O[C@H](CO)C(O)[C@@H]2O)c2nc(N)[nH]c(=O)c21. The monoisotopic (exact) mass is 298 g/mol. The molecule has 1 unspecified atom stereocenters. The summed E-state index contributed by atoms with van der Waals surface area (Å²) in [6.45, 7) is -0.434. The summed E-state index contributed by atoms with van der Waals surface area (Å²) in [5.74, 6) is -0.0702. The molecule has 6 N–H and O–H groups in total. The molecule has 10 nitrogen and oxygen atoms in total. The molecule has 0 aromatic carbocycles. The van der Waals surface area contributed by atoms with Crippen molar-refractivity contribution in [2.45, 2.75) is 24.5 Å². The molecule has 0 amide bonds. The number of imidazole rings is 1. The Balaban J connectivity index is 2.16. The molecule has 3 rings (SSSR count). The Morgan fingerprint density at radius 1 is 1.52 bits per heavy atom. The van der Waals surface area contributed by atoms with E-state index in [9.17, 15) is 15.0 Å². The molecule has 2 aromatic heterocycles. The second-order valence-corrected chi connectivity index (χ2v) is 4.99. The third-order valence-corrected chi connectivity index (χ3v) is 3.58. The van der Waals surface area contributed by atoms with E-state index >= 15 is 0 Å². The van der Waals surface area contributed by atoms with E-state index in [2.05, 4.69) is 9.97 Å². The molecule has 2 aromatic rings. The standard InChI is InChI=1S/C11H15N5O5/c1-15-3-16(8-5(15)9(20)14-11(12)13-8)10-7(19)6(18)4(2-17)21-10/h3-4,6-7,10,17-19H,2H2,1H3,(H2-,12,13,14,20)/p+1/t4-,6?,7+,10-/m1/s1. The van der Waals surface area contributed by atoms with Gasteiger partial charge in [0.25, 0.3) is 11.5 Å². The quantitative estimate of drug-likeness (QED) is 0.365. The van der Waals surface area contributed by atoms with Gasteiger partial charge in [-0.3, -0.25) is 14.3 Å². The summed E-state index contributed by atoms with van der Waals surface area (Å²) < 4.78 is 8.35. The number of aromatic amines is 1. The first-order valence-corrected chi connectivity index (χ1v) is 6.32. The smallest absolute Gasteiger partial charge is 0.313 e. The van der Waals surface area contributed by atoms with Crippen molar-refractivity contribution in [3.05, 3.63) is 16.7 Å². The highest BCUT2D eigenvalue weighted by Gasteiger charge is 2.46. The van der Waals surface area contributed by atoms with Crippen LogP contribution in [0.5, 0.6) is 0 Å². The van der Waals surface area contributed by atoms with Crippen LogP contribution in [0.25, 0.3) is 11.2 Å². The van der Waals surface area contributed by atoms with Crippen LogP contribution in [0.4, 0.5) is 5.95 Å². The number of nitrogens with zero attached hydrogens (tertiary/aromatic N) is 3. The van der Waals surface area contributed by atoms with E-state index in [0.717, 1.165) is 0 Å². The van der Waals surface area contributed by atoms with Gasteiger partial charge in [0, 0.05) is 0 Å². The molecule has 0 bridgehead atoms. The van der Waals surface area contributed by atoms with Crippen molar-refractivity contribution in [2.24, 2.45) is 7.05 Å². The molecule has 1 fully saturated rings. The number of nitrogens with two attached hydrogens (primary N) is 1. The number of aryl methyl sites for hydroxylation is 1. The van der Waals surface area contributed by atoms with Crippen LogP contribution in [0.2, 0.25) is 0 Å². The average molecular weight is 298 g/mol. The summed E-state index contributed by atoms with van der Waals surface area (Å²) in [5, 5.41) is 29.0. The van der Waals surface area contributed by atoms with Gasteiger partial charge in [-0.1, -0.05) is 4.98 Å². The van der Waals surface area contributed by atoms with E-state index < -0.39 is 36.7 Å². The van der Waals surface area contributed by atoms with Crippen LogP contribution in [-0.2, 0) is 11.8 Å². The Labute approximate surface area is 118 Å². The average Bonchev–Trinajstić information content (AvgIpc) is 2.89. The normalized spacial score (nSPS) is 29.3. The lowest BCUT2D eigenvalue weighted by atomic mass is 10.1. The number of aromatic nitrogens is 4. The second-order valence-electron chi connectivity index (χ2n) is 4.99. The fourth-order valence-electron chi connectivity index (χ4n) is 2.57. The maximum absolute atomic E-state index is 11.9. The minimum absolute atomic E-state index is 0.0702. The minimum Gasteiger partial charge on any atom is -0.394 e. The van der Waals surface area contributed by atoms with Gasteiger partial charge in [-0.25, -0.2) is 4.57 Å². The third-order valence-electron chi connectivity index (χ3n) is 3.58. The van der Waals surface area contributed by atoms with Crippen LogP contribution in [0.15, 0.2) is 11.1 Å². The first kappa shape index (κ1) is 13.9. The maximum atomic E-state index is 11.9. The van der Waals surface area contributed by atoms with Crippen LogP contribution in [0.1, 0.15) is 6.23 Å². The van der Waals surface area contributed by atoms with Crippen molar-refractivity contribution in [2.75, 3.05) is 12.3 Å². The topological polar surface area (TPSA) is 150 Å². The number of aliphatic hydroxyl groups is 3. The molecular weight excluding hydrogens is 282 g/mol. The molecule has 1 aliphatic rings. The lowest BCUT2D eigenvalue weighted by molar-refractivity contribution is -0.745. The number of rotatable bonds is 2. The molecule has 0 aliphatic carbocycles. The Morgan fingerprint density at radius 2 is 2.24 bits per heavy atom. The van der Waals surface area contributed by atoms with E-state index in [1.807, 2.05) is 0 Å². The number of H-pyrrole nitrogens is 1. The number of nitrogens with one attached hydrogen (secondary N) is 1. The fourth-order valence-corrected chi connectivity index (χ4v) is 2.57. The van der Waals surface area contributed by atoms with Crippen molar-refractivity contribution < 1.29 is 24.6 Å². The number of aliphatic hydroxyl groups excluding tert-OH is 3. The first-order valence-electron chi connectivity index (χ1n) is 6.32. The molecule has 21 heavy (non-hydrogen) atoms. The summed E-state index contributed by atoms with van der Waals surface area (Å²) in [6.07, 6.45) is -2.88. The van der Waals surface area contributed by atoms with Gasteiger partial charge in [0.2, 0.25) is 11.7 Å². The maximum Gasteiger partial charge on any atom is 0.313 e. The highest BCUT2D eigenvalue weighted by molar-refractivity contribution is 5.67. The zero-order valence-corrected chi connectivity index (χ0v) is 11.2. The summed E-state index contributed by atoms with van der Waals surface area (Å²) in [4.78, 5) is 18.3. The van der Waals surface area contributed by atoms with Crippen LogP contribution < -0.4 is 15.9 Å². The van der Waals surface area contributed by atoms with Crippen molar-refractivity contribution >= 4 is 17.1 Å². The number of ether oxygens (including phenoxy) is 1. The Hall–Kier alpha value is -2.01. The van der Waals surface area contributed by atoms with Crippen molar-refractivity contribution in [1.29, 1.82) is 0 Å². The van der Waals surface area contributed by atoms with E-state index in [4.69, 9.17) is 15.6 Å². The molecule has 1 aliphatic heterocycles. The molecule has 0 saturated carbocycles. The molecule has 0 spiro atoms. The van der Waals surface area contributed by atoms with Crippen LogP contribution in [0.3, 0.4) is 0 Å². The lowest BCUT2D eigenvalue weighted by Crippen LogP contribution is -2.46. The first-order chi connectivity index (χ1) is 9.93. The number of hydrogen-bond donors (Lipinski definition) is 5. The molecule has 0 radical (unpaired) electrons. The van der Waals surface area contributed by atoms with Gasteiger partial charge < -0.3 is 25.8 Å². The highest BCUT2D eigenvalue weighted by atomic mass is 16.6. The Morgan fingerprint density at radius 3 is 2.86 bits per heavy atom. The van der Waals surface area contributed by atoms with E-state index in [0.29, 0.717) is 0 Å². The van der Waals surface area contributed by atoms with Gasteiger partial charge in [0.05, 0.1) is 13.7 Å². The summed E-state index contributed by atoms with van der Waals surface area (Å²) >= 11 is 0. The number of anilines is 1. The van der Waals surface area contributed by atoms with Crippen LogP contribution in [0, 0.1) is 0 Å². The zero-order chi connectivity index (χ0) is 15.3. The fraction of sp³-hybridized carbons (Fsp3) is 0.545. The van der Waals surface area contributed by atoms with Crippen LogP contribution >= 0.6 is 0 Å². The minimum atomic E-state index is -1.26.